The number of hydrogen-bond acceptors (Lipinski definition) is 10. The third-order valence-corrected chi connectivity index (χ3v) is 8.53. The van der Waals surface area contributed by atoms with Crippen LogP contribution in [-0.4, -0.2) is 104 Å². The summed E-state index contributed by atoms with van der Waals surface area (Å²) in [5.74, 6) is -0.520. The van der Waals surface area contributed by atoms with Crippen LogP contribution in [0.3, 0.4) is 0 Å². The van der Waals surface area contributed by atoms with Crippen LogP contribution < -0.4 is 25.4 Å². The summed E-state index contributed by atoms with van der Waals surface area (Å²) in [6.45, 7) is 10.3. The molecule has 252 valence electrons. The van der Waals surface area contributed by atoms with Crippen LogP contribution in [0.1, 0.15) is 52.8 Å². The summed E-state index contributed by atoms with van der Waals surface area (Å²) >= 11 is 0. The van der Waals surface area contributed by atoms with Crippen LogP contribution in [-0.2, 0) is 9.47 Å². The van der Waals surface area contributed by atoms with Gasteiger partial charge in [0.15, 0.2) is 5.60 Å². The predicted octanol–water partition coefficient (Wildman–Crippen LogP) is 4.06. The zero-order valence-electron chi connectivity index (χ0n) is 26.1. The number of anilines is 2. The van der Waals surface area contributed by atoms with Gasteiger partial charge >= 0.3 is 6.18 Å². The topological polar surface area (TPSA) is 136 Å². The maximum Gasteiger partial charge on any atom is 0.417 e. The Morgan fingerprint density at radius 1 is 1.04 bits per heavy atom. The van der Waals surface area contributed by atoms with E-state index in [1.165, 1.54) is 32.7 Å². The molecule has 0 radical (unpaired) electrons. The minimum atomic E-state index is -4.48. The van der Waals surface area contributed by atoms with Gasteiger partial charge in [-0.15, -0.1) is 13.2 Å². The van der Waals surface area contributed by atoms with Crippen molar-refractivity contribution in [1.82, 2.24) is 20.2 Å². The number of nitrogens with one attached hydrogen (secondary N) is 3. The second kappa shape index (κ2) is 15.1. The predicted molar refractivity (Wildman–Crippen MR) is 165 cm³/mol. The largest absolute Gasteiger partial charge is 0.497 e. The smallest absolute Gasteiger partial charge is 0.417 e. The lowest BCUT2D eigenvalue weighted by atomic mass is 9.70. The van der Waals surface area contributed by atoms with Gasteiger partial charge in [0.2, 0.25) is 5.88 Å². The Kier molecular flexibility index (Phi) is 11.5. The van der Waals surface area contributed by atoms with E-state index in [1.54, 1.807) is 6.07 Å². The molecule has 1 aromatic heterocycles. The average molecular weight is 651 g/mol. The van der Waals surface area contributed by atoms with Crippen molar-refractivity contribution in [1.29, 1.82) is 0 Å². The highest BCUT2D eigenvalue weighted by Gasteiger charge is 2.63. The molecule has 6 rings (SSSR count). The Morgan fingerprint density at radius 2 is 1.76 bits per heavy atom. The number of morpholine rings is 1. The molecule has 4 heterocycles. The highest BCUT2D eigenvalue weighted by atomic mass is 19.4. The second-order valence-corrected chi connectivity index (χ2v) is 11.2. The van der Waals surface area contributed by atoms with Gasteiger partial charge in [-0.2, -0.15) is 13.2 Å². The molecule has 2 amide bonds. The van der Waals surface area contributed by atoms with Crippen molar-refractivity contribution in [2.75, 3.05) is 70.9 Å². The molecule has 3 saturated heterocycles. The number of aromatic nitrogens is 2. The van der Waals surface area contributed by atoms with E-state index in [0.717, 1.165) is 26.1 Å². The van der Waals surface area contributed by atoms with E-state index in [-0.39, 0.29) is 60.8 Å². The fourth-order valence-electron chi connectivity index (χ4n) is 5.87. The number of methoxy groups -OCH3 is 2. The van der Waals surface area contributed by atoms with Crippen LogP contribution >= 0.6 is 0 Å². The lowest BCUT2D eigenvalue weighted by Gasteiger charge is -2.53. The van der Waals surface area contributed by atoms with Crippen molar-refractivity contribution in [2.45, 2.75) is 49.4 Å². The molecule has 2 aromatic rings. The number of benzene rings is 1. The minimum Gasteiger partial charge on any atom is -0.497 e. The van der Waals surface area contributed by atoms with E-state index in [4.69, 9.17) is 18.9 Å². The van der Waals surface area contributed by atoms with Crippen LogP contribution in [0.5, 0.6) is 11.6 Å². The Labute approximate surface area is 266 Å². The van der Waals surface area contributed by atoms with Gasteiger partial charge in [0, 0.05) is 25.7 Å². The molecule has 2 bridgehead atoms. The number of halogens is 3. The average Bonchev–Trinajstić information content (AvgIpc) is 3.08. The first-order valence-corrected chi connectivity index (χ1v) is 15.0. The lowest BCUT2D eigenvalue weighted by molar-refractivity contribution is -0.317. The molecule has 0 atom stereocenters. The van der Waals surface area contributed by atoms with Gasteiger partial charge in [0.05, 0.1) is 50.8 Å². The molecular weight excluding hydrogens is 609 g/mol. The van der Waals surface area contributed by atoms with Crippen LogP contribution in [0.15, 0.2) is 37.7 Å². The Hall–Kier alpha value is -3.95. The number of nitrogens with zero attached hydrogens (tertiary/aromatic N) is 3. The first-order chi connectivity index (χ1) is 22.1. The molecule has 46 heavy (non-hydrogen) atoms. The molecule has 4 aliphatic rings. The Bertz CT molecular complexity index is 1350. The van der Waals surface area contributed by atoms with E-state index < -0.39 is 29.1 Å². The molecule has 1 saturated carbocycles. The maximum atomic E-state index is 13.7. The third kappa shape index (κ3) is 7.70. The number of fused-ring (bicyclic) bond motifs is 3. The number of carbonyl (C=O) groups is 2. The number of alkyl halides is 3. The molecule has 12 nitrogen and oxygen atoms in total. The molecule has 0 spiro atoms. The van der Waals surface area contributed by atoms with Crippen molar-refractivity contribution in [3.63, 3.8) is 0 Å². The SMILES string of the molecule is C=C.COc1ccc(C(=O)NC23CCC(C(F)(F)F)(CC2)OC3)c(NC(=O)c2c(NCCCN3CCOCC3)ncnc2OC)c1. The summed E-state index contributed by atoms with van der Waals surface area (Å²) in [5.41, 5.74) is -2.83. The number of carbonyl (C=O) groups excluding carboxylic acids is 2. The van der Waals surface area contributed by atoms with Crippen LogP contribution in [0, 0.1) is 0 Å². The monoisotopic (exact) mass is 650 g/mol. The van der Waals surface area contributed by atoms with Crippen LogP contribution in [0.2, 0.25) is 0 Å². The quantitative estimate of drug-likeness (QED) is 0.241. The highest BCUT2D eigenvalue weighted by Crippen LogP contribution is 2.51. The van der Waals surface area contributed by atoms with Crippen molar-refractivity contribution >= 4 is 23.3 Å². The van der Waals surface area contributed by atoms with Crippen molar-refractivity contribution in [2.24, 2.45) is 0 Å². The first kappa shape index (κ1) is 34.9. The van der Waals surface area contributed by atoms with Gasteiger partial charge in [0.25, 0.3) is 11.8 Å². The molecule has 1 aromatic carbocycles. The molecule has 3 aliphatic heterocycles. The lowest BCUT2D eigenvalue weighted by Crippen LogP contribution is -2.66. The van der Waals surface area contributed by atoms with Crippen LogP contribution in [0.25, 0.3) is 0 Å². The summed E-state index contributed by atoms with van der Waals surface area (Å²) in [4.78, 5) is 37.9. The summed E-state index contributed by atoms with van der Waals surface area (Å²) in [5, 5.41) is 8.85. The minimum absolute atomic E-state index is 0.0377. The van der Waals surface area contributed by atoms with Gasteiger partial charge in [-0.25, -0.2) is 9.97 Å². The summed E-state index contributed by atoms with van der Waals surface area (Å²) in [6, 6.07) is 4.53. The number of rotatable bonds is 11. The van der Waals surface area contributed by atoms with Crippen molar-refractivity contribution in [3.05, 3.63) is 48.8 Å². The standard InChI is InChI=1S/C29H37F3N6O6.C2H4/c1-41-19-4-5-20(24(39)37-27-6-8-28(9-7-27,44-17-27)29(30,31)32)21(16-19)36-25(40)22-23(34-18-35-26(22)42-2)33-10-3-11-38-12-14-43-15-13-38;1-2/h4-5,16,18H,3,6-15,17H2,1-2H3,(H,36,40)(H,37,39)(H,33,34,35);1-2H2. The molecule has 1 aliphatic carbocycles. The molecular formula is C31H41F3N6O6. The fourth-order valence-corrected chi connectivity index (χ4v) is 5.87. The highest BCUT2D eigenvalue weighted by molar-refractivity contribution is 6.12. The van der Waals surface area contributed by atoms with Crippen LogP contribution in [0.4, 0.5) is 24.7 Å². The van der Waals surface area contributed by atoms with Crippen molar-refractivity contribution in [3.8, 4) is 11.6 Å². The summed E-state index contributed by atoms with van der Waals surface area (Å²) < 4.78 is 62.2. The summed E-state index contributed by atoms with van der Waals surface area (Å²) in [6.07, 6.45) is -2.63. The maximum absolute atomic E-state index is 13.7. The number of hydrogen-bond donors (Lipinski definition) is 3. The number of amides is 2. The fraction of sp³-hybridized carbons (Fsp3) is 0.548. The molecule has 15 heteroatoms. The van der Waals surface area contributed by atoms with Gasteiger partial charge in [-0.1, -0.05) is 0 Å². The normalized spacial score (nSPS) is 22.6. The van der Waals surface area contributed by atoms with Gasteiger partial charge in [-0.05, 0) is 50.8 Å². The Morgan fingerprint density at radius 3 is 2.37 bits per heavy atom. The van der Waals surface area contributed by atoms with E-state index in [9.17, 15) is 22.8 Å². The summed E-state index contributed by atoms with van der Waals surface area (Å²) in [7, 11) is 2.83. The number of ether oxygens (including phenoxy) is 4. The molecule has 3 N–H and O–H groups in total. The zero-order chi connectivity index (χ0) is 33.4. The second-order valence-electron chi connectivity index (χ2n) is 11.2. The van der Waals surface area contributed by atoms with Gasteiger partial charge in [-0.3, -0.25) is 14.5 Å². The third-order valence-electron chi connectivity index (χ3n) is 8.53. The van der Waals surface area contributed by atoms with E-state index >= 15 is 0 Å². The molecule has 0 unspecified atom stereocenters. The van der Waals surface area contributed by atoms with Crippen molar-refractivity contribution < 1.29 is 41.7 Å². The van der Waals surface area contributed by atoms with E-state index in [0.29, 0.717) is 25.5 Å². The zero-order valence-corrected chi connectivity index (χ0v) is 26.1. The van der Waals surface area contributed by atoms with Gasteiger partial charge in [0.1, 0.15) is 23.5 Å². The van der Waals surface area contributed by atoms with E-state index in [1.807, 2.05) is 0 Å². The van der Waals surface area contributed by atoms with E-state index in [2.05, 4.69) is 44.0 Å². The first-order valence-electron chi connectivity index (χ1n) is 15.0. The molecule has 4 fully saturated rings. The van der Waals surface area contributed by atoms with Gasteiger partial charge < -0.3 is 34.9 Å². The Balaban J connectivity index is 0.00000235.